The number of nitrogens with one attached hydrogen (secondary N) is 1. The highest BCUT2D eigenvalue weighted by Gasteiger charge is 2.16. The molecule has 0 unspecified atom stereocenters. The Morgan fingerprint density at radius 1 is 1.40 bits per heavy atom. The van der Waals surface area contributed by atoms with Gasteiger partial charge in [0.25, 0.3) is 5.91 Å². The highest BCUT2D eigenvalue weighted by atomic mass is 32.2. The van der Waals surface area contributed by atoms with Gasteiger partial charge in [-0.25, -0.2) is 17.9 Å². The van der Waals surface area contributed by atoms with E-state index in [1.54, 1.807) is 6.92 Å². The van der Waals surface area contributed by atoms with Gasteiger partial charge in [0.2, 0.25) is 15.8 Å². The number of anilines is 1. The van der Waals surface area contributed by atoms with Crippen LogP contribution >= 0.6 is 0 Å². The molecule has 1 amide bonds. The standard InChI is InChI=1S/C11H10FN3O4S/c1-6-4-9(19-15-6)11(16)14-7-2-3-10(8(12)5-7)20(13,17)18/h2-5H,1H3,(H,14,16)(H2,13,17,18). The largest absolute Gasteiger partial charge is 0.351 e. The van der Waals surface area contributed by atoms with Crippen molar-refractivity contribution >= 4 is 21.6 Å². The van der Waals surface area contributed by atoms with Crippen LogP contribution in [0.25, 0.3) is 0 Å². The van der Waals surface area contributed by atoms with E-state index in [1.165, 1.54) is 12.1 Å². The fourth-order valence-corrected chi connectivity index (χ4v) is 2.06. The summed E-state index contributed by atoms with van der Waals surface area (Å²) < 4.78 is 40.4. The summed E-state index contributed by atoms with van der Waals surface area (Å²) in [6.45, 7) is 1.64. The lowest BCUT2D eigenvalue weighted by Gasteiger charge is -2.05. The Morgan fingerprint density at radius 2 is 2.10 bits per heavy atom. The van der Waals surface area contributed by atoms with Gasteiger partial charge >= 0.3 is 0 Å². The quantitative estimate of drug-likeness (QED) is 0.878. The molecule has 0 aliphatic rings. The van der Waals surface area contributed by atoms with Crippen molar-refractivity contribution in [1.29, 1.82) is 0 Å². The lowest BCUT2D eigenvalue weighted by molar-refractivity contribution is 0.0988. The zero-order valence-electron chi connectivity index (χ0n) is 10.3. The van der Waals surface area contributed by atoms with Gasteiger partial charge in [-0.15, -0.1) is 0 Å². The predicted octanol–water partition coefficient (Wildman–Crippen LogP) is 1.02. The van der Waals surface area contributed by atoms with Gasteiger partial charge in [-0.05, 0) is 25.1 Å². The van der Waals surface area contributed by atoms with Gasteiger partial charge in [0.05, 0.1) is 5.69 Å². The molecule has 1 aromatic heterocycles. The topological polar surface area (TPSA) is 115 Å². The second-order valence-electron chi connectivity index (χ2n) is 3.98. The molecular weight excluding hydrogens is 289 g/mol. The first-order chi connectivity index (χ1) is 9.27. The molecule has 7 nitrogen and oxygen atoms in total. The zero-order chi connectivity index (χ0) is 14.9. The number of carbonyl (C=O) groups is 1. The number of hydrogen-bond acceptors (Lipinski definition) is 5. The van der Waals surface area contributed by atoms with E-state index >= 15 is 0 Å². The Balaban J connectivity index is 2.23. The van der Waals surface area contributed by atoms with Crippen molar-refractivity contribution in [2.45, 2.75) is 11.8 Å². The zero-order valence-corrected chi connectivity index (χ0v) is 11.1. The van der Waals surface area contributed by atoms with E-state index in [0.717, 1.165) is 12.1 Å². The van der Waals surface area contributed by atoms with Crippen LogP contribution in [0.4, 0.5) is 10.1 Å². The minimum absolute atomic E-state index is 0.0431. The van der Waals surface area contributed by atoms with E-state index in [4.69, 9.17) is 9.66 Å². The molecule has 2 rings (SSSR count). The molecule has 0 aliphatic heterocycles. The molecule has 0 aliphatic carbocycles. The van der Waals surface area contributed by atoms with Gasteiger partial charge in [-0.1, -0.05) is 5.16 Å². The van der Waals surface area contributed by atoms with E-state index in [2.05, 4.69) is 10.5 Å². The summed E-state index contributed by atoms with van der Waals surface area (Å²) in [7, 11) is -4.14. The number of sulfonamides is 1. The van der Waals surface area contributed by atoms with Crippen LogP contribution in [-0.2, 0) is 10.0 Å². The summed E-state index contributed by atoms with van der Waals surface area (Å²) in [6.07, 6.45) is 0. The summed E-state index contributed by atoms with van der Waals surface area (Å²) in [5.74, 6) is -1.73. The molecule has 0 bridgehead atoms. The number of carbonyl (C=O) groups excluding carboxylic acids is 1. The third-order valence-corrected chi connectivity index (χ3v) is 3.29. The van der Waals surface area contributed by atoms with Crippen LogP contribution < -0.4 is 10.5 Å². The number of rotatable bonds is 3. The average Bonchev–Trinajstić information content (AvgIpc) is 2.74. The third kappa shape index (κ3) is 3.00. The van der Waals surface area contributed by atoms with E-state index in [9.17, 15) is 17.6 Å². The van der Waals surface area contributed by atoms with Crippen LogP contribution in [0, 0.1) is 12.7 Å². The Kier molecular flexibility index (Phi) is 3.55. The molecule has 20 heavy (non-hydrogen) atoms. The number of hydrogen-bond donors (Lipinski definition) is 2. The van der Waals surface area contributed by atoms with Crippen LogP contribution in [0.2, 0.25) is 0 Å². The number of benzene rings is 1. The van der Waals surface area contributed by atoms with Crippen LogP contribution in [0.1, 0.15) is 16.2 Å². The molecule has 2 aromatic rings. The van der Waals surface area contributed by atoms with Crippen LogP contribution in [-0.4, -0.2) is 19.5 Å². The monoisotopic (exact) mass is 299 g/mol. The fraction of sp³-hybridized carbons (Fsp3) is 0.0909. The second kappa shape index (κ2) is 5.02. The lowest BCUT2D eigenvalue weighted by Crippen LogP contribution is -2.15. The van der Waals surface area contributed by atoms with Crippen molar-refractivity contribution in [2.24, 2.45) is 5.14 Å². The van der Waals surface area contributed by atoms with Crippen molar-refractivity contribution in [3.63, 3.8) is 0 Å². The minimum Gasteiger partial charge on any atom is -0.351 e. The van der Waals surface area contributed by atoms with Crippen LogP contribution in [0.15, 0.2) is 33.7 Å². The first-order valence-corrected chi connectivity index (χ1v) is 6.89. The molecule has 0 atom stereocenters. The van der Waals surface area contributed by atoms with Gasteiger partial charge in [0, 0.05) is 11.8 Å². The number of halogens is 1. The number of nitrogens with two attached hydrogens (primary N) is 1. The van der Waals surface area contributed by atoms with E-state index < -0.39 is 26.6 Å². The summed E-state index contributed by atoms with van der Waals surface area (Å²) in [5.41, 5.74) is 0.583. The minimum atomic E-state index is -4.14. The number of nitrogens with zero attached hydrogens (tertiary/aromatic N) is 1. The van der Waals surface area contributed by atoms with Gasteiger partial charge < -0.3 is 9.84 Å². The van der Waals surface area contributed by atoms with Crippen LogP contribution in [0.5, 0.6) is 0 Å². The summed E-state index contributed by atoms with van der Waals surface area (Å²) in [6, 6.07) is 4.43. The number of primary sulfonamides is 1. The normalized spacial score (nSPS) is 11.3. The fourth-order valence-electron chi connectivity index (χ4n) is 1.47. The van der Waals surface area contributed by atoms with Gasteiger partial charge in [-0.2, -0.15) is 0 Å². The molecule has 0 saturated carbocycles. The number of aryl methyl sites for hydroxylation is 1. The van der Waals surface area contributed by atoms with Gasteiger partial charge in [0.1, 0.15) is 10.7 Å². The van der Waals surface area contributed by atoms with E-state index in [0.29, 0.717) is 5.69 Å². The van der Waals surface area contributed by atoms with Crippen molar-refractivity contribution in [3.8, 4) is 0 Å². The smallest absolute Gasteiger partial charge is 0.294 e. The molecule has 1 aromatic carbocycles. The van der Waals surface area contributed by atoms with Crippen LogP contribution in [0.3, 0.4) is 0 Å². The third-order valence-electron chi connectivity index (χ3n) is 2.35. The molecular formula is C11H10FN3O4S. The molecule has 0 radical (unpaired) electrons. The Bertz CT molecular complexity index is 770. The number of aromatic nitrogens is 1. The Hall–Kier alpha value is -2.26. The van der Waals surface area contributed by atoms with Gasteiger partial charge in [0.15, 0.2) is 0 Å². The molecule has 9 heteroatoms. The highest BCUT2D eigenvalue weighted by molar-refractivity contribution is 7.89. The van der Waals surface area contributed by atoms with E-state index in [-0.39, 0.29) is 11.4 Å². The van der Waals surface area contributed by atoms with Crippen molar-refractivity contribution in [3.05, 3.63) is 41.5 Å². The first kappa shape index (κ1) is 14.2. The molecule has 0 spiro atoms. The Labute approximate surface area is 113 Å². The maximum absolute atomic E-state index is 13.6. The molecule has 3 N–H and O–H groups in total. The molecule has 0 saturated heterocycles. The SMILES string of the molecule is Cc1cc(C(=O)Nc2ccc(S(N)(=O)=O)c(F)c2)on1. The summed E-state index contributed by atoms with van der Waals surface area (Å²) in [5, 5.41) is 10.7. The summed E-state index contributed by atoms with van der Waals surface area (Å²) in [4.78, 5) is 11.1. The summed E-state index contributed by atoms with van der Waals surface area (Å²) >= 11 is 0. The second-order valence-corrected chi connectivity index (χ2v) is 5.51. The Morgan fingerprint density at radius 3 is 2.60 bits per heavy atom. The van der Waals surface area contributed by atoms with E-state index in [1.807, 2.05) is 0 Å². The molecule has 106 valence electrons. The number of amides is 1. The van der Waals surface area contributed by atoms with Gasteiger partial charge in [-0.3, -0.25) is 4.79 Å². The maximum atomic E-state index is 13.6. The molecule has 1 heterocycles. The molecule has 0 fully saturated rings. The highest BCUT2D eigenvalue weighted by Crippen LogP contribution is 2.18. The predicted molar refractivity (Wildman–Crippen MR) is 67.0 cm³/mol. The van der Waals surface area contributed by atoms with Crippen molar-refractivity contribution in [1.82, 2.24) is 5.16 Å². The maximum Gasteiger partial charge on any atom is 0.294 e. The van der Waals surface area contributed by atoms with Crippen molar-refractivity contribution in [2.75, 3.05) is 5.32 Å². The first-order valence-electron chi connectivity index (χ1n) is 5.34. The lowest BCUT2D eigenvalue weighted by atomic mass is 10.3. The van der Waals surface area contributed by atoms with Crippen molar-refractivity contribution < 1.29 is 22.1 Å². The average molecular weight is 299 g/mol.